The van der Waals surface area contributed by atoms with Crippen molar-refractivity contribution in [2.75, 3.05) is 11.9 Å². The molecule has 1 amide bonds. The third kappa shape index (κ3) is 5.42. The zero-order valence-electron chi connectivity index (χ0n) is 11.9. The molecule has 2 rings (SSSR count). The van der Waals surface area contributed by atoms with Gasteiger partial charge in [-0.3, -0.25) is 14.6 Å². The van der Waals surface area contributed by atoms with E-state index in [-0.39, 0.29) is 12.4 Å². The molecule has 0 radical (unpaired) electrons. The largest absolute Gasteiger partial charge is 0.355 e. The molecule has 0 bridgehead atoms. The first-order chi connectivity index (χ1) is 11.1. The number of carbonyl (C=O) groups is 1. The minimum absolute atomic E-state index is 0.160. The van der Waals surface area contributed by atoms with E-state index in [4.69, 9.17) is 0 Å². The van der Waals surface area contributed by atoms with E-state index in [0.29, 0.717) is 0 Å². The summed E-state index contributed by atoms with van der Waals surface area (Å²) < 4.78 is 0. The van der Waals surface area contributed by atoms with E-state index in [1.54, 1.807) is 6.08 Å². The fourth-order valence-corrected chi connectivity index (χ4v) is 1.54. The second kappa shape index (κ2) is 8.08. The molecule has 2 aromatic rings. The van der Waals surface area contributed by atoms with E-state index >= 15 is 0 Å². The summed E-state index contributed by atoms with van der Waals surface area (Å²) in [5.74, 6) is -0.630. The molecule has 0 unspecified atom stereocenters. The molecule has 0 aliphatic heterocycles. The molecule has 0 spiro atoms. The van der Waals surface area contributed by atoms with Crippen LogP contribution in [0.15, 0.2) is 51.1 Å². The van der Waals surface area contributed by atoms with Crippen LogP contribution < -0.4 is 22.0 Å². The lowest BCUT2D eigenvalue weighted by atomic mass is 10.2. The smallest absolute Gasteiger partial charge is 0.342 e. The number of nitrogens with one attached hydrogen (secondary N) is 4. The first-order valence-electron chi connectivity index (χ1n) is 6.61. The van der Waals surface area contributed by atoms with Gasteiger partial charge in [0.05, 0.1) is 6.54 Å². The first kappa shape index (κ1) is 15.9. The molecule has 0 atom stereocenters. The molecule has 4 N–H and O–H groups in total. The summed E-state index contributed by atoms with van der Waals surface area (Å²) in [7, 11) is 0. The van der Waals surface area contributed by atoms with Crippen molar-refractivity contribution in [2.24, 2.45) is 5.10 Å². The maximum absolute atomic E-state index is 11.5. The zero-order chi connectivity index (χ0) is 16.5. The van der Waals surface area contributed by atoms with Crippen molar-refractivity contribution in [3.8, 4) is 0 Å². The average Bonchev–Trinajstić information content (AvgIpc) is 2.54. The molecular weight excluding hydrogens is 300 g/mol. The van der Waals surface area contributed by atoms with Crippen LogP contribution in [-0.2, 0) is 4.79 Å². The number of amides is 1. The summed E-state index contributed by atoms with van der Waals surface area (Å²) in [6.07, 6.45) is 4.94. The number of hydrogen-bond donors (Lipinski definition) is 4. The van der Waals surface area contributed by atoms with Gasteiger partial charge in [0.15, 0.2) is 0 Å². The summed E-state index contributed by atoms with van der Waals surface area (Å²) in [5.41, 5.74) is 1.85. The van der Waals surface area contributed by atoms with E-state index in [9.17, 15) is 14.4 Å². The van der Waals surface area contributed by atoms with Crippen LogP contribution in [0, 0.1) is 0 Å². The van der Waals surface area contributed by atoms with Gasteiger partial charge in [0.25, 0.3) is 11.5 Å². The van der Waals surface area contributed by atoms with Crippen LogP contribution in [0.4, 0.5) is 5.82 Å². The molecule has 9 heteroatoms. The number of hydrazone groups is 1. The maximum atomic E-state index is 11.5. The molecule has 0 aliphatic rings. The lowest BCUT2D eigenvalue weighted by Gasteiger charge is -2.01. The third-order valence-electron chi connectivity index (χ3n) is 2.57. The summed E-state index contributed by atoms with van der Waals surface area (Å²) in [6, 6.07) is 9.61. The molecule has 0 saturated heterocycles. The number of anilines is 1. The lowest BCUT2D eigenvalue weighted by molar-refractivity contribution is -0.119. The van der Waals surface area contributed by atoms with Crippen molar-refractivity contribution >= 4 is 24.0 Å². The third-order valence-corrected chi connectivity index (χ3v) is 2.57. The normalized spacial score (nSPS) is 11.0. The van der Waals surface area contributed by atoms with E-state index in [1.165, 1.54) is 6.21 Å². The Morgan fingerprint density at radius 3 is 2.78 bits per heavy atom. The van der Waals surface area contributed by atoms with Gasteiger partial charge in [0, 0.05) is 6.21 Å². The fraction of sp³-hybridized carbons (Fsp3) is 0.0714. The van der Waals surface area contributed by atoms with Gasteiger partial charge in [0.1, 0.15) is 0 Å². The highest BCUT2D eigenvalue weighted by molar-refractivity contribution is 5.83. The fourth-order valence-electron chi connectivity index (χ4n) is 1.54. The first-order valence-corrected chi connectivity index (χ1v) is 6.61. The van der Waals surface area contributed by atoms with Crippen LogP contribution >= 0.6 is 0 Å². The highest BCUT2D eigenvalue weighted by Crippen LogP contribution is 1.99. The second-order valence-electron chi connectivity index (χ2n) is 4.29. The highest BCUT2D eigenvalue weighted by Gasteiger charge is 2.04. The Bertz CT molecular complexity index is 822. The Kier molecular flexibility index (Phi) is 5.58. The Labute approximate surface area is 130 Å². The lowest BCUT2D eigenvalue weighted by Crippen LogP contribution is -2.31. The van der Waals surface area contributed by atoms with Gasteiger partial charge >= 0.3 is 5.69 Å². The van der Waals surface area contributed by atoms with Crippen LogP contribution in [0.2, 0.25) is 0 Å². The number of allylic oxidation sites excluding steroid dienone is 1. The Hall–Kier alpha value is -3.49. The van der Waals surface area contributed by atoms with Gasteiger partial charge in [0.2, 0.25) is 5.82 Å². The van der Waals surface area contributed by atoms with Crippen molar-refractivity contribution in [3.05, 3.63) is 62.8 Å². The zero-order valence-corrected chi connectivity index (χ0v) is 11.9. The maximum Gasteiger partial charge on any atom is 0.342 e. The van der Waals surface area contributed by atoms with Crippen LogP contribution in [0.25, 0.3) is 6.08 Å². The van der Waals surface area contributed by atoms with Crippen molar-refractivity contribution in [2.45, 2.75) is 0 Å². The molecule has 23 heavy (non-hydrogen) atoms. The van der Waals surface area contributed by atoms with Gasteiger partial charge in [-0.2, -0.15) is 5.10 Å². The highest BCUT2D eigenvalue weighted by atomic mass is 16.2. The molecule has 1 heterocycles. The molecule has 0 saturated carbocycles. The van der Waals surface area contributed by atoms with Gasteiger partial charge in [-0.15, -0.1) is 5.10 Å². The number of aromatic amines is 2. The predicted molar refractivity (Wildman–Crippen MR) is 86.1 cm³/mol. The molecular formula is C14H14N6O3. The standard InChI is InChI=1S/C14H14N6O3/c21-11(9-15-12-13(22)17-14(23)20-19-12)18-16-8-4-7-10-5-2-1-3-6-10/h1-8H,9H2,(H,15,19)(H,18,21)(H2,17,20,22,23)/b7-4-,16-8-. The Balaban J connectivity index is 1.77. The Morgan fingerprint density at radius 2 is 2.04 bits per heavy atom. The molecule has 9 nitrogen and oxygen atoms in total. The number of benzene rings is 1. The van der Waals surface area contributed by atoms with Crippen molar-refractivity contribution in [1.29, 1.82) is 0 Å². The van der Waals surface area contributed by atoms with Crippen molar-refractivity contribution < 1.29 is 4.79 Å². The van der Waals surface area contributed by atoms with Gasteiger partial charge < -0.3 is 5.32 Å². The van der Waals surface area contributed by atoms with Crippen LogP contribution in [0.3, 0.4) is 0 Å². The summed E-state index contributed by atoms with van der Waals surface area (Å²) in [6.45, 7) is -0.220. The molecule has 1 aromatic carbocycles. The van der Waals surface area contributed by atoms with Gasteiger partial charge in [-0.25, -0.2) is 15.3 Å². The van der Waals surface area contributed by atoms with Gasteiger partial charge in [-0.05, 0) is 11.6 Å². The molecule has 0 aliphatic carbocycles. The predicted octanol–water partition coefficient (Wildman–Crippen LogP) is -0.314. The van der Waals surface area contributed by atoms with Crippen LogP contribution in [0.5, 0.6) is 0 Å². The summed E-state index contributed by atoms with van der Waals surface area (Å²) in [5, 5.41) is 11.7. The summed E-state index contributed by atoms with van der Waals surface area (Å²) in [4.78, 5) is 35.6. The van der Waals surface area contributed by atoms with Crippen molar-refractivity contribution in [1.82, 2.24) is 20.6 Å². The minimum Gasteiger partial charge on any atom is -0.355 e. The second-order valence-corrected chi connectivity index (χ2v) is 4.29. The molecule has 118 valence electrons. The SMILES string of the molecule is O=C(CNc1n[nH]c(=O)[nH]c1=O)N/N=C\C=C/c1ccccc1. The Morgan fingerprint density at radius 1 is 1.26 bits per heavy atom. The van der Waals surface area contributed by atoms with E-state index in [0.717, 1.165) is 5.56 Å². The molecule has 0 fully saturated rings. The minimum atomic E-state index is -0.722. The number of hydrogen-bond acceptors (Lipinski definition) is 6. The topological polar surface area (TPSA) is 132 Å². The number of nitrogens with zero attached hydrogens (tertiary/aromatic N) is 2. The van der Waals surface area contributed by atoms with Crippen LogP contribution in [-0.4, -0.2) is 33.8 Å². The molecule has 1 aromatic heterocycles. The van der Waals surface area contributed by atoms with E-state index in [1.807, 2.05) is 46.5 Å². The quantitative estimate of drug-likeness (QED) is 0.429. The number of carbonyl (C=O) groups excluding carboxylic acids is 1. The number of aromatic nitrogens is 3. The average molecular weight is 314 g/mol. The summed E-state index contributed by atoms with van der Waals surface area (Å²) >= 11 is 0. The van der Waals surface area contributed by atoms with Gasteiger partial charge in [-0.1, -0.05) is 36.4 Å². The number of rotatable bonds is 6. The van der Waals surface area contributed by atoms with Crippen LogP contribution in [0.1, 0.15) is 5.56 Å². The van der Waals surface area contributed by atoms with E-state index < -0.39 is 17.2 Å². The number of H-pyrrole nitrogens is 2. The van der Waals surface area contributed by atoms with E-state index in [2.05, 4.69) is 20.9 Å². The monoisotopic (exact) mass is 314 g/mol. The van der Waals surface area contributed by atoms with Crippen molar-refractivity contribution in [3.63, 3.8) is 0 Å².